The van der Waals surface area contributed by atoms with Crippen LogP contribution in [0, 0.1) is 5.92 Å². The van der Waals surface area contributed by atoms with Crippen LogP contribution in [0.4, 0.5) is 0 Å². The second-order valence-electron chi connectivity index (χ2n) is 5.69. The number of hydrogen-bond donors (Lipinski definition) is 2. The maximum Gasteiger partial charge on any atom is 0.227 e. The van der Waals surface area contributed by atoms with Crippen LogP contribution >= 0.6 is 11.6 Å². The summed E-state index contributed by atoms with van der Waals surface area (Å²) in [4.78, 5) is 14.1. The number of nitrogens with zero attached hydrogens (tertiary/aromatic N) is 1. The van der Waals surface area contributed by atoms with E-state index in [0.29, 0.717) is 37.7 Å². The monoisotopic (exact) mass is 326 g/mol. The van der Waals surface area contributed by atoms with Crippen molar-refractivity contribution >= 4 is 17.5 Å². The van der Waals surface area contributed by atoms with E-state index in [1.165, 1.54) is 0 Å². The number of likely N-dealkylation sites (tertiary alicyclic amines) is 1. The lowest BCUT2D eigenvalue weighted by molar-refractivity contribution is -0.131. The minimum absolute atomic E-state index is 0.103. The molecule has 0 aliphatic carbocycles. The van der Waals surface area contributed by atoms with Crippen molar-refractivity contribution in [1.29, 1.82) is 0 Å². The number of hydrogen-bond acceptors (Lipinski definition) is 4. The van der Waals surface area contributed by atoms with Crippen LogP contribution in [-0.4, -0.2) is 55.3 Å². The highest BCUT2D eigenvalue weighted by atomic mass is 35.5. The molecule has 122 valence electrons. The SMILES string of the molecule is CN1CC[C@@H](O)[C@H](C(=O)NCCOCc2ccc(Cl)cc2)C1. The summed E-state index contributed by atoms with van der Waals surface area (Å²) in [5.74, 6) is -0.454. The lowest BCUT2D eigenvalue weighted by Gasteiger charge is -2.32. The maximum atomic E-state index is 12.1. The van der Waals surface area contributed by atoms with Gasteiger partial charge in [0.2, 0.25) is 5.91 Å². The zero-order chi connectivity index (χ0) is 15.9. The lowest BCUT2D eigenvalue weighted by atomic mass is 9.94. The number of aliphatic hydroxyl groups excluding tert-OH is 1. The number of amides is 1. The zero-order valence-corrected chi connectivity index (χ0v) is 13.6. The molecule has 6 heteroatoms. The Hall–Kier alpha value is -1.14. The molecule has 22 heavy (non-hydrogen) atoms. The molecule has 0 radical (unpaired) electrons. The van der Waals surface area contributed by atoms with Gasteiger partial charge in [-0.2, -0.15) is 0 Å². The van der Waals surface area contributed by atoms with Gasteiger partial charge in [0, 0.05) is 24.7 Å². The maximum absolute atomic E-state index is 12.1. The standard InChI is InChI=1S/C16H23ClN2O3/c1-19-8-6-15(20)14(10-19)16(21)18-7-9-22-11-12-2-4-13(17)5-3-12/h2-5,14-15,20H,6-11H2,1H3,(H,18,21)/t14-,15-/m1/s1. The molecule has 0 aromatic heterocycles. The summed E-state index contributed by atoms with van der Waals surface area (Å²) in [5.41, 5.74) is 1.04. The van der Waals surface area contributed by atoms with Gasteiger partial charge in [-0.05, 0) is 31.2 Å². The quantitative estimate of drug-likeness (QED) is 0.773. The number of benzene rings is 1. The normalized spacial score (nSPS) is 22.5. The van der Waals surface area contributed by atoms with Crippen molar-refractivity contribution < 1.29 is 14.6 Å². The van der Waals surface area contributed by atoms with Gasteiger partial charge in [0.15, 0.2) is 0 Å². The van der Waals surface area contributed by atoms with Crippen molar-refractivity contribution in [1.82, 2.24) is 10.2 Å². The molecule has 2 N–H and O–H groups in total. The predicted octanol–water partition coefficient (Wildman–Crippen LogP) is 1.29. The number of aliphatic hydroxyl groups is 1. The predicted molar refractivity (Wildman–Crippen MR) is 85.7 cm³/mol. The van der Waals surface area contributed by atoms with Crippen molar-refractivity contribution in [3.8, 4) is 0 Å². The zero-order valence-electron chi connectivity index (χ0n) is 12.8. The first kappa shape index (κ1) is 17.2. The molecule has 0 unspecified atom stereocenters. The van der Waals surface area contributed by atoms with E-state index in [9.17, 15) is 9.90 Å². The number of nitrogens with one attached hydrogen (secondary N) is 1. The summed E-state index contributed by atoms with van der Waals surface area (Å²) in [6, 6.07) is 7.47. The van der Waals surface area contributed by atoms with Crippen LogP contribution < -0.4 is 5.32 Å². The number of rotatable bonds is 6. The third-order valence-electron chi connectivity index (χ3n) is 3.84. The summed E-state index contributed by atoms with van der Waals surface area (Å²) in [6.45, 7) is 2.79. The molecule has 1 heterocycles. The molecule has 0 bridgehead atoms. The van der Waals surface area contributed by atoms with Gasteiger partial charge in [-0.15, -0.1) is 0 Å². The van der Waals surface area contributed by atoms with Crippen LogP contribution in [0.1, 0.15) is 12.0 Å². The van der Waals surface area contributed by atoms with Gasteiger partial charge in [-0.3, -0.25) is 4.79 Å². The molecule has 2 atom stereocenters. The summed E-state index contributed by atoms with van der Waals surface area (Å²) in [7, 11) is 1.96. The van der Waals surface area contributed by atoms with Gasteiger partial charge < -0.3 is 20.1 Å². The van der Waals surface area contributed by atoms with Crippen molar-refractivity contribution in [2.24, 2.45) is 5.92 Å². The first-order valence-corrected chi connectivity index (χ1v) is 7.90. The molecule has 2 rings (SSSR count). The second kappa shape index (κ2) is 8.48. The van der Waals surface area contributed by atoms with E-state index in [2.05, 4.69) is 10.2 Å². The Kier molecular flexibility index (Phi) is 6.64. The van der Waals surface area contributed by atoms with E-state index >= 15 is 0 Å². The molecule has 1 amide bonds. The minimum Gasteiger partial charge on any atom is -0.392 e. The molecular weight excluding hydrogens is 304 g/mol. The molecule has 1 aromatic carbocycles. The van der Waals surface area contributed by atoms with Crippen LogP contribution in [0.3, 0.4) is 0 Å². The summed E-state index contributed by atoms with van der Waals surface area (Å²) in [6.07, 6.45) is 0.0907. The number of ether oxygens (including phenoxy) is 1. The van der Waals surface area contributed by atoms with Gasteiger partial charge >= 0.3 is 0 Å². The van der Waals surface area contributed by atoms with E-state index in [0.717, 1.165) is 12.1 Å². The Bertz CT molecular complexity index is 481. The molecular formula is C16H23ClN2O3. The van der Waals surface area contributed by atoms with Crippen LogP contribution in [-0.2, 0) is 16.1 Å². The highest BCUT2D eigenvalue weighted by Gasteiger charge is 2.31. The summed E-state index contributed by atoms with van der Waals surface area (Å²) < 4.78 is 5.51. The topological polar surface area (TPSA) is 61.8 Å². The minimum atomic E-state index is -0.550. The molecule has 0 saturated carbocycles. The molecule has 5 nitrogen and oxygen atoms in total. The summed E-state index contributed by atoms with van der Waals surface area (Å²) in [5, 5.41) is 13.4. The molecule has 0 spiro atoms. The van der Waals surface area contributed by atoms with Crippen molar-refractivity contribution in [3.63, 3.8) is 0 Å². The molecule has 1 aliphatic heterocycles. The number of piperidine rings is 1. The number of halogens is 1. The molecule has 1 saturated heterocycles. The van der Waals surface area contributed by atoms with Crippen molar-refractivity contribution in [2.45, 2.75) is 19.1 Å². The van der Waals surface area contributed by atoms with Crippen molar-refractivity contribution in [2.75, 3.05) is 33.3 Å². The average molecular weight is 327 g/mol. The summed E-state index contributed by atoms with van der Waals surface area (Å²) >= 11 is 5.81. The van der Waals surface area contributed by atoms with E-state index in [1.54, 1.807) is 0 Å². The fraction of sp³-hybridized carbons (Fsp3) is 0.562. The number of carbonyl (C=O) groups is 1. The number of carbonyl (C=O) groups excluding carboxylic acids is 1. The Morgan fingerprint density at radius 1 is 1.45 bits per heavy atom. The third-order valence-corrected chi connectivity index (χ3v) is 4.10. The van der Waals surface area contributed by atoms with E-state index in [-0.39, 0.29) is 11.8 Å². The Labute approximate surface area is 136 Å². The van der Waals surface area contributed by atoms with Gasteiger partial charge in [-0.25, -0.2) is 0 Å². The van der Waals surface area contributed by atoms with Crippen LogP contribution in [0.2, 0.25) is 5.02 Å². The van der Waals surface area contributed by atoms with E-state index in [1.807, 2.05) is 31.3 Å². The van der Waals surface area contributed by atoms with Gasteiger partial charge in [0.1, 0.15) is 0 Å². The average Bonchev–Trinajstić information content (AvgIpc) is 2.51. The van der Waals surface area contributed by atoms with Gasteiger partial charge in [0.05, 0.1) is 25.2 Å². The first-order valence-electron chi connectivity index (χ1n) is 7.53. The Morgan fingerprint density at radius 2 is 2.18 bits per heavy atom. The fourth-order valence-corrected chi connectivity index (χ4v) is 2.63. The smallest absolute Gasteiger partial charge is 0.227 e. The van der Waals surface area contributed by atoms with Crippen LogP contribution in [0.25, 0.3) is 0 Å². The molecule has 1 aliphatic rings. The molecule has 1 aromatic rings. The lowest BCUT2D eigenvalue weighted by Crippen LogP contribution is -2.49. The fourth-order valence-electron chi connectivity index (χ4n) is 2.51. The van der Waals surface area contributed by atoms with Crippen LogP contribution in [0.15, 0.2) is 24.3 Å². The second-order valence-corrected chi connectivity index (χ2v) is 6.13. The highest BCUT2D eigenvalue weighted by Crippen LogP contribution is 2.16. The Morgan fingerprint density at radius 3 is 2.91 bits per heavy atom. The first-order chi connectivity index (χ1) is 10.6. The van der Waals surface area contributed by atoms with E-state index < -0.39 is 6.10 Å². The third kappa shape index (κ3) is 5.25. The van der Waals surface area contributed by atoms with Gasteiger partial charge in [-0.1, -0.05) is 23.7 Å². The van der Waals surface area contributed by atoms with Crippen molar-refractivity contribution in [3.05, 3.63) is 34.9 Å². The highest BCUT2D eigenvalue weighted by molar-refractivity contribution is 6.30. The molecule has 1 fully saturated rings. The van der Waals surface area contributed by atoms with Gasteiger partial charge in [0.25, 0.3) is 0 Å². The largest absolute Gasteiger partial charge is 0.392 e. The van der Waals surface area contributed by atoms with E-state index in [4.69, 9.17) is 16.3 Å². The van der Waals surface area contributed by atoms with Crippen LogP contribution in [0.5, 0.6) is 0 Å². The Balaban J connectivity index is 1.63.